The van der Waals surface area contributed by atoms with Gasteiger partial charge in [-0.15, -0.1) is 22.7 Å². The zero-order valence-electron chi connectivity index (χ0n) is 15.3. The number of hydrogen-bond acceptors (Lipinski definition) is 6. The van der Waals surface area contributed by atoms with Crippen molar-refractivity contribution in [2.75, 3.05) is 10.6 Å². The predicted molar refractivity (Wildman–Crippen MR) is 108 cm³/mol. The van der Waals surface area contributed by atoms with Crippen molar-refractivity contribution in [3.8, 4) is 0 Å². The topological polar surface area (TPSA) is 133 Å². The molecule has 8 nitrogen and oxygen atoms in total. The van der Waals surface area contributed by atoms with Gasteiger partial charge in [-0.1, -0.05) is 13.8 Å². The number of thiophene rings is 2. The van der Waals surface area contributed by atoms with Gasteiger partial charge in [0.15, 0.2) is 0 Å². The highest BCUT2D eigenvalue weighted by Gasteiger charge is 2.19. The molecule has 150 valence electrons. The molecular formula is C18H20N2O6S2. The lowest BCUT2D eigenvalue weighted by molar-refractivity contribution is -0.121. The maximum Gasteiger partial charge on any atom is 0.338 e. The molecule has 0 aliphatic heterocycles. The fraction of sp³-hybridized carbons (Fsp3) is 0.333. The Hall–Kier alpha value is -2.72. The average molecular weight is 425 g/mol. The Morgan fingerprint density at radius 1 is 0.786 bits per heavy atom. The molecule has 2 heterocycles. The normalized spacial score (nSPS) is 10.5. The van der Waals surface area contributed by atoms with Gasteiger partial charge in [0, 0.05) is 22.6 Å². The van der Waals surface area contributed by atoms with Crippen molar-refractivity contribution in [2.24, 2.45) is 0 Å². The van der Waals surface area contributed by atoms with Crippen molar-refractivity contribution in [1.82, 2.24) is 0 Å². The predicted octanol–water partition coefficient (Wildman–Crippen LogP) is 3.69. The second-order valence-electron chi connectivity index (χ2n) is 5.82. The van der Waals surface area contributed by atoms with Gasteiger partial charge in [0.25, 0.3) is 0 Å². The highest BCUT2D eigenvalue weighted by molar-refractivity contribution is 7.17. The Labute approximate surface area is 169 Å². The number of rotatable bonds is 9. The lowest BCUT2D eigenvalue weighted by atomic mass is 10.2. The molecule has 10 heteroatoms. The molecule has 28 heavy (non-hydrogen) atoms. The second kappa shape index (κ2) is 9.47. The van der Waals surface area contributed by atoms with Gasteiger partial charge >= 0.3 is 11.9 Å². The number of amides is 2. The molecule has 0 aromatic carbocycles. The number of carboxylic acid groups (broad SMARTS) is 2. The van der Waals surface area contributed by atoms with E-state index in [9.17, 15) is 29.4 Å². The van der Waals surface area contributed by atoms with Gasteiger partial charge in [-0.2, -0.15) is 0 Å². The molecule has 4 N–H and O–H groups in total. The molecule has 0 bridgehead atoms. The van der Waals surface area contributed by atoms with Crippen LogP contribution in [0.1, 0.15) is 57.2 Å². The zero-order valence-corrected chi connectivity index (χ0v) is 17.0. The number of nitrogens with one attached hydrogen (secondary N) is 2. The van der Waals surface area contributed by atoms with Crippen LogP contribution in [0.5, 0.6) is 0 Å². The van der Waals surface area contributed by atoms with Gasteiger partial charge < -0.3 is 20.8 Å². The minimum Gasteiger partial charge on any atom is -0.478 e. The van der Waals surface area contributed by atoms with Crippen molar-refractivity contribution >= 4 is 56.4 Å². The zero-order chi connectivity index (χ0) is 20.8. The van der Waals surface area contributed by atoms with Crippen LogP contribution in [0, 0.1) is 0 Å². The molecule has 0 saturated carbocycles. The number of carbonyl (C=O) groups excluding carboxylic acids is 2. The van der Waals surface area contributed by atoms with Gasteiger partial charge in [0.1, 0.15) is 10.0 Å². The summed E-state index contributed by atoms with van der Waals surface area (Å²) in [6.07, 6.45) is 0.989. The summed E-state index contributed by atoms with van der Waals surface area (Å²) in [4.78, 5) is 48.4. The first-order chi connectivity index (χ1) is 13.2. The minimum atomic E-state index is -1.13. The molecule has 2 rings (SSSR count). The van der Waals surface area contributed by atoms with Gasteiger partial charge in [0.2, 0.25) is 11.8 Å². The highest BCUT2D eigenvalue weighted by atomic mass is 32.1. The molecule has 0 radical (unpaired) electrons. The van der Waals surface area contributed by atoms with E-state index in [-0.39, 0.29) is 34.0 Å². The summed E-state index contributed by atoms with van der Waals surface area (Å²) < 4.78 is 0. The molecule has 0 unspecified atom stereocenters. The molecule has 0 saturated heterocycles. The minimum absolute atomic E-state index is 0.0245. The SMILES string of the molecule is CCc1cc(C(=O)O)c(NC(=O)CCC(=O)Nc2sc(CC)cc2C(=O)O)s1. The van der Waals surface area contributed by atoms with Crippen LogP contribution in [0.4, 0.5) is 10.0 Å². The molecule has 2 aromatic rings. The Morgan fingerprint density at radius 2 is 1.14 bits per heavy atom. The maximum absolute atomic E-state index is 12.1. The number of carbonyl (C=O) groups is 4. The van der Waals surface area contributed by atoms with E-state index in [0.29, 0.717) is 12.8 Å². The third-order valence-corrected chi connectivity index (χ3v) is 6.20. The van der Waals surface area contributed by atoms with Crippen LogP contribution in [0.2, 0.25) is 0 Å². The first-order valence-electron chi connectivity index (χ1n) is 8.56. The number of carboxylic acids is 2. The Balaban J connectivity index is 1.96. The first kappa shape index (κ1) is 21.6. The summed E-state index contributed by atoms with van der Waals surface area (Å²) in [5, 5.41) is 24.0. The van der Waals surface area contributed by atoms with E-state index in [1.165, 1.54) is 34.8 Å². The van der Waals surface area contributed by atoms with E-state index in [4.69, 9.17) is 0 Å². The summed E-state index contributed by atoms with van der Waals surface area (Å²) >= 11 is 2.37. The maximum atomic E-state index is 12.1. The van der Waals surface area contributed by atoms with Crippen molar-refractivity contribution in [2.45, 2.75) is 39.5 Å². The van der Waals surface area contributed by atoms with Crippen molar-refractivity contribution in [3.05, 3.63) is 33.0 Å². The van der Waals surface area contributed by atoms with Crippen LogP contribution in [0.15, 0.2) is 12.1 Å². The smallest absolute Gasteiger partial charge is 0.338 e. The molecule has 2 aromatic heterocycles. The Kier molecular flexibility index (Phi) is 7.30. The van der Waals surface area contributed by atoms with Crippen LogP contribution in [-0.4, -0.2) is 34.0 Å². The van der Waals surface area contributed by atoms with E-state index in [1.54, 1.807) is 0 Å². The van der Waals surface area contributed by atoms with E-state index < -0.39 is 23.8 Å². The first-order valence-corrected chi connectivity index (χ1v) is 10.2. The lowest BCUT2D eigenvalue weighted by Gasteiger charge is -2.06. The molecule has 2 amide bonds. The van der Waals surface area contributed by atoms with Crippen LogP contribution in [0.3, 0.4) is 0 Å². The van der Waals surface area contributed by atoms with Gasteiger partial charge in [-0.25, -0.2) is 9.59 Å². The van der Waals surface area contributed by atoms with E-state index in [2.05, 4.69) is 10.6 Å². The Morgan fingerprint density at radius 3 is 1.43 bits per heavy atom. The fourth-order valence-electron chi connectivity index (χ4n) is 2.34. The van der Waals surface area contributed by atoms with Gasteiger partial charge in [0.05, 0.1) is 11.1 Å². The largest absolute Gasteiger partial charge is 0.478 e. The Bertz CT molecular complexity index is 841. The van der Waals surface area contributed by atoms with E-state index >= 15 is 0 Å². The summed E-state index contributed by atoms with van der Waals surface area (Å²) in [6, 6.07) is 3.04. The number of aryl methyl sites for hydroxylation is 2. The third-order valence-electron chi connectivity index (χ3n) is 3.81. The molecule has 0 aliphatic carbocycles. The monoisotopic (exact) mass is 424 g/mol. The average Bonchev–Trinajstić information content (AvgIpc) is 3.23. The van der Waals surface area contributed by atoms with Crippen LogP contribution >= 0.6 is 22.7 Å². The van der Waals surface area contributed by atoms with Crippen LogP contribution < -0.4 is 10.6 Å². The van der Waals surface area contributed by atoms with Crippen LogP contribution in [0.25, 0.3) is 0 Å². The second-order valence-corrected chi connectivity index (χ2v) is 8.10. The van der Waals surface area contributed by atoms with E-state index in [1.807, 2.05) is 13.8 Å². The molecular weight excluding hydrogens is 404 g/mol. The number of anilines is 2. The quantitative estimate of drug-likeness (QED) is 0.485. The van der Waals surface area contributed by atoms with Crippen LogP contribution in [-0.2, 0) is 22.4 Å². The molecule has 0 atom stereocenters. The molecule has 0 fully saturated rings. The fourth-order valence-corrected chi connectivity index (χ4v) is 4.35. The summed E-state index contributed by atoms with van der Waals surface area (Å²) in [7, 11) is 0. The third kappa shape index (κ3) is 5.40. The van der Waals surface area contributed by atoms with Gasteiger partial charge in [-0.3, -0.25) is 9.59 Å². The molecule has 0 aliphatic rings. The van der Waals surface area contributed by atoms with Crippen molar-refractivity contribution in [3.63, 3.8) is 0 Å². The standard InChI is InChI=1S/C18H20N2O6S2/c1-3-9-7-11(17(23)24)15(27-9)19-13(21)5-6-14(22)20-16-12(18(25)26)8-10(4-2)28-16/h7-8H,3-6H2,1-2H3,(H,19,21)(H,20,22)(H,23,24)(H,25,26). The highest BCUT2D eigenvalue weighted by Crippen LogP contribution is 2.30. The summed E-state index contributed by atoms with van der Waals surface area (Å²) in [5.74, 6) is -3.23. The lowest BCUT2D eigenvalue weighted by Crippen LogP contribution is -2.18. The molecule has 0 spiro atoms. The number of aromatic carboxylic acids is 2. The van der Waals surface area contributed by atoms with E-state index in [0.717, 1.165) is 9.75 Å². The number of hydrogen-bond donors (Lipinski definition) is 4. The van der Waals surface area contributed by atoms with Crippen molar-refractivity contribution in [1.29, 1.82) is 0 Å². The van der Waals surface area contributed by atoms with Crippen molar-refractivity contribution < 1.29 is 29.4 Å². The summed E-state index contributed by atoms with van der Waals surface area (Å²) in [6.45, 7) is 3.76. The van der Waals surface area contributed by atoms with Gasteiger partial charge in [-0.05, 0) is 25.0 Å². The summed E-state index contributed by atoms with van der Waals surface area (Å²) in [5.41, 5.74) is 0.0489.